The SMILES string of the molecule is COc1ccc([C@@H]2[C@@H](C(=O)Nc3cc(Cl)c(OC)cc3OC)c3ccccc3C(=O)N2C2CCCCC2)cc1. The number of anilines is 1. The third-order valence-electron chi connectivity index (χ3n) is 7.82. The summed E-state index contributed by atoms with van der Waals surface area (Å²) in [6, 6.07) is 17.9. The van der Waals surface area contributed by atoms with Crippen LogP contribution in [0, 0.1) is 0 Å². The monoisotopic (exact) mass is 548 g/mol. The summed E-state index contributed by atoms with van der Waals surface area (Å²) in [6.07, 6.45) is 5.10. The lowest BCUT2D eigenvalue weighted by Crippen LogP contribution is -2.51. The van der Waals surface area contributed by atoms with Gasteiger partial charge >= 0.3 is 0 Å². The zero-order chi connectivity index (χ0) is 27.5. The van der Waals surface area contributed by atoms with Crippen molar-refractivity contribution in [2.45, 2.75) is 50.1 Å². The van der Waals surface area contributed by atoms with Gasteiger partial charge in [0.05, 0.1) is 44.0 Å². The van der Waals surface area contributed by atoms with Crippen LogP contribution in [-0.4, -0.2) is 44.1 Å². The highest BCUT2D eigenvalue weighted by atomic mass is 35.5. The van der Waals surface area contributed by atoms with Gasteiger partial charge in [0.15, 0.2) is 0 Å². The molecular formula is C31H33ClN2O5. The van der Waals surface area contributed by atoms with Crippen LogP contribution < -0.4 is 19.5 Å². The van der Waals surface area contributed by atoms with E-state index in [1.807, 2.05) is 53.4 Å². The van der Waals surface area contributed by atoms with Gasteiger partial charge in [0.25, 0.3) is 5.91 Å². The van der Waals surface area contributed by atoms with Crippen molar-refractivity contribution in [3.05, 3.63) is 82.4 Å². The molecule has 1 aliphatic carbocycles. The van der Waals surface area contributed by atoms with Crippen molar-refractivity contribution in [3.63, 3.8) is 0 Å². The molecule has 0 unspecified atom stereocenters. The number of carbonyl (C=O) groups excluding carboxylic acids is 2. The Labute approximate surface area is 234 Å². The van der Waals surface area contributed by atoms with Gasteiger partial charge in [-0.2, -0.15) is 0 Å². The van der Waals surface area contributed by atoms with Crippen molar-refractivity contribution in [2.75, 3.05) is 26.6 Å². The fraction of sp³-hybridized carbons (Fsp3) is 0.355. The standard InChI is InChI=1S/C31H33ClN2O5/c1-37-21-15-13-19(14-16-21)29-28(30(35)33-25-17-24(32)26(38-2)18-27(25)39-3)22-11-7-8-12-23(22)31(36)34(29)20-9-5-4-6-10-20/h7-8,11-18,20,28-29H,4-6,9-10H2,1-3H3,(H,33,35)/t28-,29+/m0/s1. The summed E-state index contributed by atoms with van der Waals surface area (Å²) in [5, 5.41) is 3.41. The fourth-order valence-electron chi connectivity index (χ4n) is 5.92. The summed E-state index contributed by atoms with van der Waals surface area (Å²) < 4.78 is 16.2. The molecule has 204 valence electrons. The van der Waals surface area contributed by atoms with E-state index in [1.165, 1.54) is 14.2 Å². The van der Waals surface area contributed by atoms with Gasteiger partial charge in [-0.05, 0) is 48.2 Å². The molecule has 1 N–H and O–H groups in total. The number of fused-ring (bicyclic) bond motifs is 1. The molecule has 7 nitrogen and oxygen atoms in total. The van der Waals surface area contributed by atoms with E-state index in [9.17, 15) is 9.59 Å². The topological polar surface area (TPSA) is 77.1 Å². The number of amides is 2. The van der Waals surface area contributed by atoms with E-state index >= 15 is 0 Å². The summed E-state index contributed by atoms with van der Waals surface area (Å²) in [4.78, 5) is 30.3. The number of methoxy groups -OCH3 is 3. The van der Waals surface area contributed by atoms with Gasteiger partial charge in [-0.1, -0.05) is 61.2 Å². The maximum absolute atomic E-state index is 14.3. The maximum atomic E-state index is 14.3. The smallest absolute Gasteiger partial charge is 0.254 e. The minimum atomic E-state index is -0.667. The second kappa shape index (κ2) is 11.6. The lowest BCUT2D eigenvalue weighted by Gasteiger charge is -2.46. The molecule has 1 saturated carbocycles. The molecule has 0 saturated heterocycles. The van der Waals surface area contributed by atoms with Gasteiger partial charge in [0.1, 0.15) is 17.2 Å². The van der Waals surface area contributed by atoms with E-state index in [1.54, 1.807) is 19.2 Å². The van der Waals surface area contributed by atoms with Crippen molar-refractivity contribution in [1.29, 1.82) is 0 Å². The number of carbonyl (C=O) groups is 2. The zero-order valence-corrected chi connectivity index (χ0v) is 23.2. The zero-order valence-electron chi connectivity index (χ0n) is 22.4. The molecule has 0 radical (unpaired) electrons. The Morgan fingerprint density at radius 3 is 2.26 bits per heavy atom. The maximum Gasteiger partial charge on any atom is 0.254 e. The van der Waals surface area contributed by atoms with E-state index in [-0.39, 0.29) is 17.9 Å². The number of hydrogen-bond acceptors (Lipinski definition) is 5. The second-order valence-corrected chi connectivity index (χ2v) is 10.4. The Hall–Kier alpha value is -3.71. The van der Waals surface area contributed by atoms with Crippen LogP contribution in [0.1, 0.15) is 65.5 Å². The Bertz CT molecular complexity index is 1350. The fourth-order valence-corrected chi connectivity index (χ4v) is 6.16. The first-order valence-electron chi connectivity index (χ1n) is 13.2. The molecule has 2 atom stereocenters. The average molecular weight is 549 g/mol. The predicted molar refractivity (Wildman–Crippen MR) is 151 cm³/mol. The van der Waals surface area contributed by atoms with Crippen LogP contribution >= 0.6 is 11.6 Å². The molecule has 3 aromatic rings. The number of hydrogen-bond donors (Lipinski definition) is 1. The molecule has 0 bridgehead atoms. The highest BCUT2D eigenvalue weighted by Crippen LogP contribution is 2.47. The van der Waals surface area contributed by atoms with Crippen LogP contribution in [-0.2, 0) is 4.79 Å². The van der Waals surface area contributed by atoms with Crippen molar-refractivity contribution in [3.8, 4) is 17.2 Å². The van der Waals surface area contributed by atoms with Crippen LogP contribution in [0.15, 0.2) is 60.7 Å². The number of rotatable bonds is 7. The molecular weight excluding hydrogens is 516 g/mol. The van der Waals surface area contributed by atoms with Gasteiger partial charge in [-0.3, -0.25) is 9.59 Å². The van der Waals surface area contributed by atoms with Gasteiger partial charge in [0, 0.05) is 17.7 Å². The molecule has 1 fully saturated rings. The molecule has 2 amide bonds. The molecule has 5 rings (SSSR count). The summed E-state index contributed by atoms with van der Waals surface area (Å²) in [5.41, 5.74) is 2.57. The Morgan fingerprint density at radius 2 is 1.59 bits per heavy atom. The van der Waals surface area contributed by atoms with Gasteiger partial charge in [-0.25, -0.2) is 0 Å². The van der Waals surface area contributed by atoms with Crippen molar-refractivity contribution in [1.82, 2.24) is 4.90 Å². The van der Waals surface area contributed by atoms with E-state index in [4.69, 9.17) is 25.8 Å². The van der Waals surface area contributed by atoms with Gasteiger partial charge < -0.3 is 24.4 Å². The predicted octanol–water partition coefficient (Wildman–Crippen LogP) is 6.62. The van der Waals surface area contributed by atoms with Crippen molar-refractivity contribution in [2.24, 2.45) is 0 Å². The largest absolute Gasteiger partial charge is 0.497 e. The third-order valence-corrected chi connectivity index (χ3v) is 8.11. The molecule has 0 spiro atoms. The second-order valence-electron chi connectivity index (χ2n) is 9.96. The van der Waals surface area contributed by atoms with Crippen molar-refractivity contribution < 1.29 is 23.8 Å². The summed E-state index contributed by atoms with van der Waals surface area (Å²) in [7, 11) is 4.67. The van der Waals surface area contributed by atoms with Crippen LogP contribution in [0.5, 0.6) is 17.2 Å². The molecule has 39 heavy (non-hydrogen) atoms. The van der Waals surface area contributed by atoms with E-state index in [0.717, 1.165) is 37.7 Å². The summed E-state index contributed by atoms with van der Waals surface area (Å²) >= 11 is 6.41. The Kier molecular flexibility index (Phi) is 7.98. The van der Waals surface area contributed by atoms with E-state index in [0.29, 0.717) is 39.1 Å². The molecule has 2 aliphatic rings. The number of halogens is 1. The van der Waals surface area contributed by atoms with Gasteiger partial charge in [-0.15, -0.1) is 0 Å². The number of nitrogens with zero attached hydrogens (tertiary/aromatic N) is 1. The van der Waals surface area contributed by atoms with E-state index < -0.39 is 12.0 Å². The van der Waals surface area contributed by atoms with Crippen LogP contribution in [0.4, 0.5) is 5.69 Å². The van der Waals surface area contributed by atoms with Crippen LogP contribution in [0.25, 0.3) is 0 Å². The quantitative estimate of drug-likeness (QED) is 0.359. The van der Waals surface area contributed by atoms with Crippen LogP contribution in [0.2, 0.25) is 5.02 Å². The lowest BCUT2D eigenvalue weighted by molar-refractivity contribution is -0.119. The van der Waals surface area contributed by atoms with Crippen LogP contribution in [0.3, 0.4) is 0 Å². The first-order valence-corrected chi connectivity index (χ1v) is 13.6. The molecule has 0 aromatic heterocycles. The summed E-state index contributed by atoms with van der Waals surface area (Å²) in [5.74, 6) is 0.627. The minimum absolute atomic E-state index is 0.0348. The first kappa shape index (κ1) is 26.9. The Morgan fingerprint density at radius 1 is 0.897 bits per heavy atom. The molecule has 3 aromatic carbocycles. The highest BCUT2D eigenvalue weighted by molar-refractivity contribution is 6.32. The summed E-state index contributed by atoms with van der Waals surface area (Å²) in [6.45, 7) is 0. The molecule has 1 aliphatic heterocycles. The Balaban J connectivity index is 1.63. The van der Waals surface area contributed by atoms with Crippen molar-refractivity contribution >= 4 is 29.1 Å². The molecule has 1 heterocycles. The van der Waals surface area contributed by atoms with Gasteiger partial charge in [0.2, 0.25) is 5.91 Å². The first-order chi connectivity index (χ1) is 19.0. The molecule has 8 heteroatoms. The number of nitrogens with one attached hydrogen (secondary N) is 1. The normalized spacial score (nSPS) is 19.3. The third kappa shape index (κ3) is 5.15. The minimum Gasteiger partial charge on any atom is -0.497 e. The number of ether oxygens (including phenoxy) is 3. The lowest BCUT2D eigenvalue weighted by atomic mass is 9.77. The highest BCUT2D eigenvalue weighted by Gasteiger charge is 2.46. The average Bonchev–Trinajstić information content (AvgIpc) is 2.97. The van der Waals surface area contributed by atoms with E-state index in [2.05, 4.69) is 5.32 Å². The number of benzene rings is 3.